The summed E-state index contributed by atoms with van der Waals surface area (Å²) < 4.78 is 5.81. The molecule has 0 unspecified atom stereocenters. The third-order valence-electron chi connectivity index (χ3n) is 3.13. The predicted octanol–water partition coefficient (Wildman–Crippen LogP) is 3.76. The normalized spacial score (nSPS) is 10.8. The number of fused-ring (bicyclic) bond motifs is 1. The maximum atomic E-state index is 5.81. The Bertz CT molecular complexity index is 683. The number of H-pyrrole nitrogens is 1. The molecule has 96 valence electrons. The molecule has 3 rings (SSSR count). The quantitative estimate of drug-likeness (QED) is 0.770. The lowest BCUT2D eigenvalue weighted by Crippen LogP contribution is -1.98. The molecule has 0 aliphatic carbocycles. The van der Waals surface area contributed by atoms with Crippen molar-refractivity contribution >= 4 is 11.0 Å². The maximum Gasteiger partial charge on any atom is 0.146 e. The summed E-state index contributed by atoms with van der Waals surface area (Å²) in [7, 11) is 0. The molecule has 1 heterocycles. The van der Waals surface area contributed by atoms with Gasteiger partial charge in [0.15, 0.2) is 0 Å². The van der Waals surface area contributed by atoms with Gasteiger partial charge < -0.3 is 9.72 Å². The number of aromatic amines is 1. The highest BCUT2D eigenvalue weighted by Gasteiger charge is 2.04. The minimum Gasteiger partial charge on any atom is -0.485 e. The molecule has 0 atom stereocenters. The summed E-state index contributed by atoms with van der Waals surface area (Å²) in [5.41, 5.74) is 4.41. The van der Waals surface area contributed by atoms with E-state index in [1.165, 1.54) is 5.56 Å². The lowest BCUT2D eigenvalue weighted by atomic mass is 10.1. The molecule has 1 N–H and O–H groups in total. The van der Waals surface area contributed by atoms with Crippen LogP contribution in [0.15, 0.2) is 42.5 Å². The topological polar surface area (TPSA) is 37.9 Å². The molecule has 3 nitrogen and oxygen atoms in total. The zero-order chi connectivity index (χ0) is 13.2. The Labute approximate surface area is 112 Å². The third-order valence-corrected chi connectivity index (χ3v) is 3.13. The third kappa shape index (κ3) is 2.45. The predicted molar refractivity (Wildman–Crippen MR) is 76.3 cm³/mol. The van der Waals surface area contributed by atoms with Gasteiger partial charge in [-0.1, -0.05) is 29.8 Å². The first-order valence-corrected chi connectivity index (χ1v) is 6.36. The fraction of sp³-hybridized carbons (Fsp3) is 0.188. The first-order valence-electron chi connectivity index (χ1n) is 6.36. The van der Waals surface area contributed by atoms with Gasteiger partial charge >= 0.3 is 0 Å². The summed E-state index contributed by atoms with van der Waals surface area (Å²) in [5, 5.41) is 0. The Morgan fingerprint density at radius 1 is 1.11 bits per heavy atom. The van der Waals surface area contributed by atoms with Crippen LogP contribution in [0.4, 0.5) is 0 Å². The van der Waals surface area contributed by atoms with Crippen LogP contribution < -0.4 is 4.74 Å². The molecule has 0 amide bonds. The maximum absolute atomic E-state index is 5.81. The van der Waals surface area contributed by atoms with Gasteiger partial charge in [-0.3, -0.25) is 0 Å². The van der Waals surface area contributed by atoms with Gasteiger partial charge in [0.05, 0.1) is 11.0 Å². The van der Waals surface area contributed by atoms with Crippen LogP contribution in [-0.4, -0.2) is 9.97 Å². The Kier molecular flexibility index (Phi) is 2.95. The second-order valence-electron chi connectivity index (χ2n) is 4.76. The van der Waals surface area contributed by atoms with Gasteiger partial charge in [0.2, 0.25) is 0 Å². The monoisotopic (exact) mass is 252 g/mol. The number of aryl methyl sites for hydroxylation is 2. The molecule has 0 fully saturated rings. The van der Waals surface area contributed by atoms with E-state index in [1.54, 1.807) is 0 Å². The number of rotatable bonds is 3. The van der Waals surface area contributed by atoms with Crippen LogP contribution >= 0.6 is 0 Å². The molecule has 0 saturated carbocycles. The van der Waals surface area contributed by atoms with Crippen molar-refractivity contribution in [2.45, 2.75) is 20.5 Å². The van der Waals surface area contributed by atoms with Crippen LogP contribution in [0.2, 0.25) is 0 Å². The van der Waals surface area contributed by atoms with E-state index in [0.717, 1.165) is 28.2 Å². The van der Waals surface area contributed by atoms with Gasteiger partial charge in [-0.05, 0) is 37.6 Å². The standard InChI is InChI=1S/C16H16N2O/c1-11-7-8-15(12(2)9-11)19-10-16-17-13-5-3-4-6-14(13)18-16/h3-9H,10H2,1-2H3,(H,17,18). The SMILES string of the molecule is Cc1ccc(OCc2nc3ccccc3[nH]2)c(C)c1. The van der Waals surface area contributed by atoms with E-state index in [1.807, 2.05) is 30.3 Å². The highest BCUT2D eigenvalue weighted by molar-refractivity contribution is 5.74. The van der Waals surface area contributed by atoms with E-state index < -0.39 is 0 Å². The molecule has 3 aromatic rings. The molecule has 19 heavy (non-hydrogen) atoms. The molecular formula is C16H16N2O. The van der Waals surface area contributed by atoms with Crippen LogP contribution in [0.5, 0.6) is 5.75 Å². The summed E-state index contributed by atoms with van der Waals surface area (Å²) in [4.78, 5) is 7.75. The number of aromatic nitrogens is 2. The molecule has 0 aliphatic heterocycles. The summed E-state index contributed by atoms with van der Waals surface area (Å²) >= 11 is 0. The van der Waals surface area contributed by atoms with E-state index in [-0.39, 0.29) is 0 Å². The Morgan fingerprint density at radius 3 is 2.74 bits per heavy atom. The lowest BCUT2D eigenvalue weighted by molar-refractivity contribution is 0.295. The highest BCUT2D eigenvalue weighted by Crippen LogP contribution is 2.20. The van der Waals surface area contributed by atoms with Gasteiger partial charge in [-0.25, -0.2) is 4.98 Å². The summed E-state index contributed by atoms with van der Waals surface area (Å²) in [6, 6.07) is 14.2. The molecule has 2 aromatic carbocycles. The first kappa shape index (κ1) is 11.8. The van der Waals surface area contributed by atoms with Gasteiger partial charge in [0, 0.05) is 0 Å². The average molecular weight is 252 g/mol. The van der Waals surface area contributed by atoms with Gasteiger partial charge in [-0.15, -0.1) is 0 Å². The zero-order valence-electron chi connectivity index (χ0n) is 11.1. The number of imidazole rings is 1. The van der Waals surface area contributed by atoms with E-state index >= 15 is 0 Å². The summed E-state index contributed by atoms with van der Waals surface area (Å²) in [6.45, 7) is 4.59. The van der Waals surface area contributed by atoms with Crippen molar-refractivity contribution in [1.82, 2.24) is 9.97 Å². The number of hydrogen-bond acceptors (Lipinski definition) is 2. The molecule has 0 radical (unpaired) electrons. The van der Waals surface area contributed by atoms with Gasteiger partial charge in [0.25, 0.3) is 0 Å². The van der Waals surface area contributed by atoms with Crippen molar-refractivity contribution in [1.29, 1.82) is 0 Å². The second-order valence-corrected chi connectivity index (χ2v) is 4.76. The number of nitrogens with one attached hydrogen (secondary N) is 1. The van der Waals surface area contributed by atoms with Crippen molar-refractivity contribution in [2.75, 3.05) is 0 Å². The van der Waals surface area contributed by atoms with E-state index in [4.69, 9.17) is 4.74 Å². The van der Waals surface area contributed by atoms with Crippen molar-refractivity contribution in [2.24, 2.45) is 0 Å². The fourth-order valence-corrected chi connectivity index (χ4v) is 2.18. The van der Waals surface area contributed by atoms with Crippen molar-refractivity contribution in [3.05, 3.63) is 59.4 Å². The van der Waals surface area contributed by atoms with Crippen molar-refractivity contribution < 1.29 is 4.74 Å². The van der Waals surface area contributed by atoms with Crippen molar-refractivity contribution in [3.63, 3.8) is 0 Å². The van der Waals surface area contributed by atoms with Crippen LogP contribution in [0, 0.1) is 13.8 Å². The smallest absolute Gasteiger partial charge is 0.146 e. The Morgan fingerprint density at radius 2 is 1.95 bits per heavy atom. The first-order chi connectivity index (χ1) is 9.22. The van der Waals surface area contributed by atoms with Crippen LogP contribution in [0.25, 0.3) is 11.0 Å². The largest absolute Gasteiger partial charge is 0.485 e. The summed E-state index contributed by atoms with van der Waals surface area (Å²) in [5.74, 6) is 1.76. The van der Waals surface area contributed by atoms with E-state index in [0.29, 0.717) is 6.61 Å². The molecule has 0 spiro atoms. The Hall–Kier alpha value is -2.29. The fourth-order valence-electron chi connectivity index (χ4n) is 2.18. The van der Waals surface area contributed by atoms with Gasteiger partial charge in [-0.2, -0.15) is 0 Å². The number of para-hydroxylation sites is 2. The molecule has 0 aliphatic rings. The summed E-state index contributed by atoms with van der Waals surface area (Å²) in [6.07, 6.45) is 0. The minimum absolute atomic E-state index is 0.457. The number of benzene rings is 2. The van der Waals surface area contributed by atoms with Gasteiger partial charge in [0.1, 0.15) is 18.2 Å². The lowest BCUT2D eigenvalue weighted by Gasteiger charge is -2.08. The van der Waals surface area contributed by atoms with Crippen molar-refractivity contribution in [3.8, 4) is 5.75 Å². The minimum atomic E-state index is 0.457. The van der Waals surface area contributed by atoms with E-state index in [9.17, 15) is 0 Å². The number of hydrogen-bond donors (Lipinski definition) is 1. The highest BCUT2D eigenvalue weighted by atomic mass is 16.5. The second kappa shape index (κ2) is 4.76. The molecule has 0 bridgehead atoms. The zero-order valence-corrected chi connectivity index (χ0v) is 11.1. The van der Waals surface area contributed by atoms with Crippen LogP contribution in [0.3, 0.4) is 0 Å². The molecular weight excluding hydrogens is 236 g/mol. The number of nitrogens with zero attached hydrogens (tertiary/aromatic N) is 1. The Balaban J connectivity index is 1.78. The van der Waals surface area contributed by atoms with Crippen LogP contribution in [-0.2, 0) is 6.61 Å². The molecule has 0 saturated heterocycles. The van der Waals surface area contributed by atoms with Crippen LogP contribution in [0.1, 0.15) is 17.0 Å². The molecule has 3 heteroatoms. The van der Waals surface area contributed by atoms with E-state index in [2.05, 4.69) is 35.9 Å². The average Bonchev–Trinajstić information content (AvgIpc) is 2.80. The molecule has 1 aromatic heterocycles. The number of ether oxygens (including phenoxy) is 1.